The highest BCUT2D eigenvalue weighted by molar-refractivity contribution is 5.45. The first-order valence-corrected chi connectivity index (χ1v) is 5.54. The van der Waals surface area contributed by atoms with Gasteiger partial charge in [-0.1, -0.05) is 0 Å². The summed E-state index contributed by atoms with van der Waals surface area (Å²) in [5, 5.41) is 13.3. The molecule has 0 bridgehead atoms. The fourth-order valence-electron chi connectivity index (χ4n) is 1.72. The van der Waals surface area contributed by atoms with Crippen LogP contribution in [0.15, 0.2) is 12.4 Å². The first-order chi connectivity index (χ1) is 8.22. The molecule has 1 aliphatic rings. The lowest BCUT2D eigenvalue weighted by Gasteiger charge is -2.32. The normalized spacial score (nSPS) is 18.7. The van der Waals surface area contributed by atoms with Gasteiger partial charge in [0.15, 0.2) is 0 Å². The van der Waals surface area contributed by atoms with E-state index in [9.17, 15) is 5.11 Å². The van der Waals surface area contributed by atoms with Crippen molar-refractivity contribution in [2.24, 2.45) is 5.84 Å². The van der Waals surface area contributed by atoms with E-state index in [0.29, 0.717) is 44.2 Å². The fourth-order valence-corrected chi connectivity index (χ4v) is 1.72. The number of nitrogens with zero attached hydrogens (tertiary/aromatic N) is 2. The summed E-state index contributed by atoms with van der Waals surface area (Å²) in [6.07, 6.45) is 2.67. The maximum Gasteiger partial charge on any atom is 0.145 e. The SMILES string of the molecule is NNc1cc(NCC2(O)CCOCC2)ncn1. The van der Waals surface area contributed by atoms with E-state index in [1.807, 2.05) is 0 Å². The van der Waals surface area contributed by atoms with Gasteiger partial charge >= 0.3 is 0 Å². The Balaban J connectivity index is 1.92. The Morgan fingerprint density at radius 3 is 2.76 bits per heavy atom. The van der Waals surface area contributed by atoms with Crippen LogP contribution in [0.2, 0.25) is 0 Å². The minimum atomic E-state index is -0.723. The van der Waals surface area contributed by atoms with Crippen LogP contribution in [0.1, 0.15) is 12.8 Å². The second-order valence-corrected chi connectivity index (χ2v) is 4.12. The van der Waals surface area contributed by atoms with Gasteiger partial charge in [-0.2, -0.15) is 0 Å². The van der Waals surface area contributed by atoms with E-state index in [2.05, 4.69) is 20.7 Å². The second-order valence-electron chi connectivity index (χ2n) is 4.12. The summed E-state index contributed by atoms with van der Waals surface area (Å²) < 4.78 is 5.21. The molecule has 7 heteroatoms. The Kier molecular flexibility index (Phi) is 3.72. The third-order valence-electron chi connectivity index (χ3n) is 2.84. The predicted molar refractivity (Wildman–Crippen MR) is 63.3 cm³/mol. The Labute approximate surface area is 99.4 Å². The lowest BCUT2D eigenvalue weighted by Crippen LogP contribution is -2.42. The molecule has 94 valence electrons. The number of aromatic nitrogens is 2. The van der Waals surface area contributed by atoms with Crippen molar-refractivity contribution >= 4 is 11.6 Å². The number of hydrogen-bond donors (Lipinski definition) is 4. The molecule has 1 saturated heterocycles. The van der Waals surface area contributed by atoms with Gasteiger partial charge in [-0.3, -0.25) is 0 Å². The van der Waals surface area contributed by atoms with Crippen molar-refractivity contribution in [2.75, 3.05) is 30.5 Å². The van der Waals surface area contributed by atoms with Crippen LogP contribution in [0.3, 0.4) is 0 Å². The number of ether oxygens (including phenoxy) is 1. The maximum absolute atomic E-state index is 10.2. The first kappa shape index (κ1) is 12.0. The van der Waals surface area contributed by atoms with Crippen LogP contribution in [0.4, 0.5) is 11.6 Å². The van der Waals surface area contributed by atoms with Crippen LogP contribution in [0.5, 0.6) is 0 Å². The monoisotopic (exact) mass is 239 g/mol. The van der Waals surface area contributed by atoms with Gasteiger partial charge in [0.2, 0.25) is 0 Å². The molecule has 0 amide bonds. The Hall–Kier alpha value is -1.44. The Morgan fingerprint density at radius 1 is 1.35 bits per heavy atom. The second kappa shape index (κ2) is 5.26. The topological polar surface area (TPSA) is 105 Å². The largest absolute Gasteiger partial charge is 0.388 e. The van der Waals surface area contributed by atoms with Crippen molar-refractivity contribution in [2.45, 2.75) is 18.4 Å². The smallest absolute Gasteiger partial charge is 0.145 e. The number of nitrogens with one attached hydrogen (secondary N) is 2. The van der Waals surface area contributed by atoms with E-state index in [1.54, 1.807) is 6.07 Å². The van der Waals surface area contributed by atoms with Gasteiger partial charge in [0.25, 0.3) is 0 Å². The van der Waals surface area contributed by atoms with Crippen molar-refractivity contribution in [1.29, 1.82) is 0 Å². The molecule has 0 aromatic carbocycles. The van der Waals surface area contributed by atoms with Gasteiger partial charge in [-0.05, 0) is 0 Å². The van der Waals surface area contributed by atoms with E-state index in [1.165, 1.54) is 6.33 Å². The molecule has 0 aliphatic carbocycles. The minimum Gasteiger partial charge on any atom is -0.388 e. The maximum atomic E-state index is 10.2. The average molecular weight is 239 g/mol. The van der Waals surface area contributed by atoms with Crippen molar-refractivity contribution in [1.82, 2.24) is 9.97 Å². The van der Waals surface area contributed by atoms with Crippen molar-refractivity contribution in [3.63, 3.8) is 0 Å². The molecule has 2 rings (SSSR count). The quantitative estimate of drug-likeness (QED) is 0.423. The van der Waals surface area contributed by atoms with Crippen LogP contribution in [0.25, 0.3) is 0 Å². The van der Waals surface area contributed by atoms with E-state index < -0.39 is 5.60 Å². The number of rotatable bonds is 4. The van der Waals surface area contributed by atoms with Gasteiger partial charge in [-0.25, -0.2) is 15.8 Å². The Bertz CT molecular complexity index is 367. The highest BCUT2D eigenvalue weighted by Gasteiger charge is 2.29. The molecule has 0 spiro atoms. The zero-order valence-electron chi connectivity index (χ0n) is 9.52. The third kappa shape index (κ3) is 3.26. The molecule has 1 aromatic heterocycles. The van der Waals surface area contributed by atoms with Gasteiger partial charge < -0.3 is 20.6 Å². The molecule has 0 atom stereocenters. The highest BCUT2D eigenvalue weighted by atomic mass is 16.5. The summed E-state index contributed by atoms with van der Waals surface area (Å²) in [4.78, 5) is 7.94. The number of aliphatic hydroxyl groups is 1. The standard InChI is InChI=1S/C10H17N5O2/c11-15-9-5-8(13-7-14-9)12-6-10(16)1-3-17-4-2-10/h5,7,16H,1-4,6,11H2,(H2,12,13,14,15). The summed E-state index contributed by atoms with van der Waals surface area (Å²) in [7, 11) is 0. The van der Waals surface area contributed by atoms with Crippen molar-refractivity contribution in [3.05, 3.63) is 12.4 Å². The third-order valence-corrected chi connectivity index (χ3v) is 2.84. The molecule has 1 aromatic rings. The van der Waals surface area contributed by atoms with Crippen LogP contribution < -0.4 is 16.6 Å². The lowest BCUT2D eigenvalue weighted by molar-refractivity contribution is -0.0543. The molecule has 0 saturated carbocycles. The molecular weight excluding hydrogens is 222 g/mol. The fraction of sp³-hybridized carbons (Fsp3) is 0.600. The molecule has 7 nitrogen and oxygen atoms in total. The summed E-state index contributed by atoms with van der Waals surface area (Å²) in [5.41, 5.74) is 1.72. The molecule has 17 heavy (non-hydrogen) atoms. The summed E-state index contributed by atoms with van der Waals surface area (Å²) in [6, 6.07) is 1.68. The highest BCUT2D eigenvalue weighted by Crippen LogP contribution is 2.21. The summed E-state index contributed by atoms with van der Waals surface area (Å²) in [5.74, 6) is 6.41. The van der Waals surface area contributed by atoms with E-state index in [0.717, 1.165) is 0 Å². The van der Waals surface area contributed by atoms with Crippen LogP contribution in [0, 0.1) is 0 Å². The van der Waals surface area contributed by atoms with E-state index in [-0.39, 0.29) is 0 Å². The minimum absolute atomic E-state index is 0.442. The predicted octanol–water partition coefficient (Wildman–Crippen LogP) is -0.284. The molecule has 1 fully saturated rings. The van der Waals surface area contributed by atoms with Gasteiger partial charge in [0.05, 0.1) is 5.60 Å². The van der Waals surface area contributed by atoms with E-state index in [4.69, 9.17) is 10.6 Å². The zero-order chi connectivity index (χ0) is 12.1. The molecular formula is C10H17N5O2. The number of hydrazine groups is 1. The zero-order valence-corrected chi connectivity index (χ0v) is 9.52. The molecule has 2 heterocycles. The van der Waals surface area contributed by atoms with Crippen molar-refractivity contribution < 1.29 is 9.84 Å². The molecule has 5 N–H and O–H groups in total. The van der Waals surface area contributed by atoms with E-state index >= 15 is 0 Å². The van der Waals surface area contributed by atoms with Gasteiger partial charge in [0, 0.05) is 38.7 Å². The molecule has 0 radical (unpaired) electrons. The average Bonchev–Trinajstić information content (AvgIpc) is 2.38. The summed E-state index contributed by atoms with van der Waals surface area (Å²) >= 11 is 0. The van der Waals surface area contributed by atoms with Crippen LogP contribution in [-0.4, -0.2) is 40.4 Å². The van der Waals surface area contributed by atoms with Crippen LogP contribution >= 0.6 is 0 Å². The number of anilines is 2. The van der Waals surface area contributed by atoms with Crippen molar-refractivity contribution in [3.8, 4) is 0 Å². The van der Waals surface area contributed by atoms with Gasteiger partial charge in [-0.15, -0.1) is 0 Å². The van der Waals surface area contributed by atoms with Crippen LogP contribution in [-0.2, 0) is 4.74 Å². The number of hydrogen-bond acceptors (Lipinski definition) is 7. The number of nitrogen functional groups attached to an aromatic ring is 1. The molecule has 0 unspecified atom stereocenters. The summed E-state index contributed by atoms with van der Waals surface area (Å²) in [6.45, 7) is 1.63. The Morgan fingerprint density at radius 2 is 2.06 bits per heavy atom. The first-order valence-electron chi connectivity index (χ1n) is 5.54. The van der Waals surface area contributed by atoms with Gasteiger partial charge in [0.1, 0.15) is 18.0 Å². The lowest BCUT2D eigenvalue weighted by atomic mass is 9.94. The molecule has 1 aliphatic heterocycles. The number of nitrogens with two attached hydrogens (primary N) is 1.